The van der Waals surface area contributed by atoms with Crippen molar-refractivity contribution in [2.24, 2.45) is 58.2 Å². The van der Waals surface area contributed by atoms with Gasteiger partial charge in [0.05, 0.1) is 12.7 Å². The Labute approximate surface area is 250 Å². The lowest BCUT2D eigenvalue weighted by Crippen LogP contribution is -2.60. The fourth-order valence-electron chi connectivity index (χ4n) is 11.4. The fraction of sp³-hybridized carbons (Fsp3) is 1.00. The summed E-state index contributed by atoms with van der Waals surface area (Å²) in [6.45, 7) is 14.6. The first-order chi connectivity index (χ1) is 19.4. The van der Waals surface area contributed by atoms with Gasteiger partial charge in [-0.3, -0.25) is 0 Å². The molecule has 1 aliphatic heterocycles. The second-order valence-electron chi connectivity index (χ2n) is 16.1. The van der Waals surface area contributed by atoms with E-state index in [4.69, 9.17) is 9.47 Å². The Bertz CT molecular complexity index is 864. The van der Waals surface area contributed by atoms with Gasteiger partial charge in [-0.1, -0.05) is 54.4 Å². The number of rotatable bonds is 9. The molecule has 0 aromatic rings. The topological polar surface area (TPSA) is 99.4 Å². The van der Waals surface area contributed by atoms with Gasteiger partial charge in [-0.15, -0.1) is 0 Å². The molecule has 6 heteroatoms. The largest absolute Gasteiger partial charge is 0.394 e. The maximum Gasteiger partial charge on any atom is 0.186 e. The maximum absolute atomic E-state index is 10.5. The van der Waals surface area contributed by atoms with Crippen molar-refractivity contribution in [1.82, 2.24) is 0 Å². The summed E-state index contributed by atoms with van der Waals surface area (Å²) in [6, 6.07) is 0. The van der Waals surface area contributed by atoms with Gasteiger partial charge in [-0.25, -0.2) is 0 Å². The van der Waals surface area contributed by atoms with Crippen LogP contribution in [0, 0.1) is 58.2 Å². The van der Waals surface area contributed by atoms with Crippen LogP contribution in [0.3, 0.4) is 0 Å². The van der Waals surface area contributed by atoms with Gasteiger partial charge < -0.3 is 29.9 Å². The molecule has 41 heavy (non-hydrogen) atoms. The van der Waals surface area contributed by atoms with E-state index in [1.54, 1.807) is 0 Å². The van der Waals surface area contributed by atoms with Crippen LogP contribution < -0.4 is 0 Å². The average Bonchev–Trinajstić information content (AvgIpc) is 3.30. The third kappa shape index (κ3) is 5.81. The van der Waals surface area contributed by atoms with Crippen LogP contribution in [0.4, 0.5) is 0 Å². The molecule has 1 saturated heterocycles. The van der Waals surface area contributed by atoms with Crippen molar-refractivity contribution < 1.29 is 29.9 Å². The van der Waals surface area contributed by atoms with Crippen LogP contribution in [0.25, 0.3) is 0 Å². The minimum atomic E-state index is -1.38. The Hall–Kier alpha value is -0.240. The lowest BCUT2D eigenvalue weighted by Gasteiger charge is -2.61. The molecule has 238 valence electrons. The number of aliphatic hydroxyl groups excluding tert-OH is 4. The summed E-state index contributed by atoms with van der Waals surface area (Å²) in [5.74, 6) is 6.51. The van der Waals surface area contributed by atoms with Gasteiger partial charge in [0, 0.05) is 0 Å². The van der Waals surface area contributed by atoms with Crippen molar-refractivity contribution >= 4 is 0 Å². The van der Waals surface area contributed by atoms with Gasteiger partial charge >= 0.3 is 0 Å². The number of ether oxygens (including phenoxy) is 2. The van der Waals surface area contributed by atoms with E-state index in [1.165, 1.54) is 57.8 Å². The van der Waals surface area contributed by atoms with Crippen LogP contribution >= 0.6 is 0 Å². The summed E-state index contributed by atoms with van der Waals surface area (Å²) in [4.78, 5) is 0. The monoisotopic (exact) mass is 578 g/mol. The molecule has 0 amide bonds. The Balaban J connectivity index is 1.20. The average molecular weight is 579 g/mol. The number of fused-ring (bicyclic) bond motifs is 5. The van der Waals surface area contributed by atoms with E-state index in [9.17, 15) is 20.4 Å². The van der Waals surface area contributed by atoms with E-state index in [1.807, 2.05) is 0 Å². The van der Waals surface area contributed by atoms with Gasteiger partial charge in [-0.2, -0.15) is 0 Å². The molecule has 15 atom stereocenters. The molecule has 6 nitrogen and oxygen atoms in total. The molecule has 0 spiro atoms. The smallest absolute Gasteiger partial charge is 0.186 e. The zero-order valence-electron chi connectivity index (χ0n) is 26.9. The predicted octanol–water partition coefficient (Wildman–Crippen LogP) is 5.93. The van der Waals surface area contributed by atoms with Crippen LogP contribution in [0.15, 0.2) is 0 Å². The van der Waals surface area contributed by atoms with Gasteiger partial charge in [0.15, 0.2) is 6.29 Å². The highest BCUT2D eigenvalue weighted by Gasteiger charge is 2.61. The molecule has 0 radical (unpaired) electrons. The zero-order chi connectivity index (χ0) is 29.7. The quantitative estimate of drug-likeness (QED) is 0.253. The summed E-state index contributed by atoms with van der Waals surface area (Å²) in [5, 5.41) is 40.4. The van der Waals surface area contributed by atoms with E-state index in [0.29, 0.717) is 16.7 Å². The first kappa shape index (κ1) is 32.2. The molecule has 5 aliphatic rings. The van der Waals surface area contributed by atoms with Crippen molar-refractivity contribution in [3.8, 4) is 0 Å². The Morgan fingerprint density at radius 2 is 1.54 bits per heavy atom. The predicted molar refractivity (Wildman–Crippen MR) is 161 cm³/mol. The van der Waals surface area contributed by atoms with Crippen molar-refractivity contribution in [1.29, 1.82) is 0 Å². The van der Waals surface area contributed by atoms with Crippen LogP contribution in [0.2, 0.25) is 0 Å². The highest BCUT2D eigenvalue weighted by atomic mass is 16.7. The highest BCUT2D eigenvalue weighted by Crippen LogP contribution is 2.68. The Kier molecular flexibility index (Phi) is 9.91. The van der Waals surface area contributed by atoms with Crippen molar-refractivity contribution in [3.63, 3.8) is 0 Å². The van der Waals surface area contributed by atoms with Crippen molar-refractivity contribution in [3.05, 3.63) is 0 Å². The van der Waals surface area contributed by atoms with E-state index >= 15 is 0 Å². The minimum Gasteiger partial charge on any atom is -0.394 e. The second-order valence-corrected chi connectivity index (χ2v) is 16.1. The fourth-order valence-corrected chi connectivity index (χ4v) is 11.4. The maximum atomic E-state index is 10.5. The molecular formula is C35H62O6. The Morgan fingerprint density at radius 1 is 0.829 bits per heavy atom. The van der Waals surface area contributed by atoms with Gasteiger partial charge in [-0.05, 0) is 122 Å². The first-order valence-electron chi connectivity index (χ1n) is 17.4. The second kappa shape index (κ2) is 12.6. The molecule has 4 N–H and O–H groups in total. The number of aliphatic hydroxyl groups is 4. The third-order valence-electron chi connectivity index (χ3n) is 14.0. The standard InChI is InChI=1S/C35H62O6/c1-7-22(20(2)3)9-8-21(4)26-12-13-27-25-11-10-23-18-24(14-16-34(23,5)28(25)15-17-35(26,27)6)40-33-32(39)31(38)30(37)29(19-36)41-33/h20-33,36-39H,7-19H2,1-6H3/t21-,22-,23-,24-,25+,26-,27+,28+,29-,30-,31+,32-,33-,34+,35-/m1/s1. The molecule has 0 aromatic carbocycles. The van der Waals surface area contributed by atoms with Crippen LogP contribution in [0.1, 0.15) is 119 Å². The SMILES string of the molecule is CC[C@H](CC[C@@H](C)[C@H]1CC[C@H]2[C@@H]3CC[C@@H]4C[C@H](O[C@@H]5O[C@H](CO)[C@@H](O)[C@H](O)[C@H]5O)CC[C@]4(C)[C@H]3CC[C@]12C)C(C)C. The summed E-state index contributed by atoms with van der Waals surface area (Å²) < 4.78 is 11.9. The van der Waals surface area contributed by atoms with E-state index in [2.05, 4.69) is 41.5 Å². The summed E-state index contributed by atoms with van der Waals surface area (Å²) in [7, 11) is 0. The van der Waals surface area contributed by atoms with Crippen LogP contribution in [-0.4, -0.2) is 63.8 Å². The van der Waals surface area contributed by atoms with E-state index in [-0.39, 0.29) is 6.10 Å². The summed E-state index contributed by atoms with van der Waals surface area (Å²) >= 11 is 0. The lowest BCUT2D eigenvalue weighted by molar-refractivity contribution is -0.316. The van der Waals surface area contributed by atoms with Crippen molar-refractivity contribution in [2.45, 2.75) is 155 Å². The highest BCUT2D eigenvalue weighted by molar-refractivity contribution is 5.10. The van der Waals surface area contributed by atoms with Crippen molar-refractivity contribution in [2.75, 3.05) is 6.61 Å². The summed E-state index contributed by atoms with van der Waals surface area (Å²) in [5.41, 5.74) is 0.849. The molecular weight excluding hydrogens is 516 g/mol. The zero-order valence-corrected chi connectivity index (χ0v) is 26.9. The summed E-state index contributed by atoms with van der Waals surface area (Å²) in [6.07, 6.45) is 9.34. The number of hydrogen-bond donors (Lipinski definition) is 4. The first-order valence-corrected chi connectivity index (χ1v) is 17.4. The van der Waals surface area contributed by atoms with Crippen LogP contribution in [0.5, 0.6) is 0 Å². The molecule has 4 aliphatic carbocycles. The number of hydrogen-bond acceptors (Lipinski definition) is 6. The molecule has 0 bridgehead atoms. The Morgan fingerprint density at radius 3 is 2.22 bits per heavy atom. The third-order valence-corrected chi connectivity index (χ3v) is 14.0. The molecule has 4 saturated carbocycles. The lowest BCUT2D eigenvalue weighted by atomic mass is 9.44. The normalized spacial score (nSPS) is 49.7. The van der Waals surface area contributed by atoms with Crippen LogP contribution in [-0.2, 0) is 9.47 Å². The molecule has 0 unspecified atom stereocenters. The van der Waals surface area contributed by atoms with E-state index in [0.717, 1.165) is 60.7 Å². The van der Waals surface area contributed by atoms with Gasteiger partial charge in [0.1, 0.15) is 24.4 Å². The minimum absolute atomic E-state index is 0.0330. The molecule has 0 aromatic heterocycles. The van der Waals surface area contributed by atoms with Gasteiger partial charge in [0.2, 0.25) is 0 Å². The van der Waals surface area contributed by atoms with E-state index < -0.39 is 37.3 Å². The molecule has 5 fully saturated rings. The van der Waals surface area contributed by atoms with Gasteiger partial charge in [0.25, 0.3) is 0 Å². The molecule has 5 rings (SSSR count). The molecule has 1 heterocycles.